The van der Waals surface area contributed by atoms with Gasteiger partial charge in [-0.2, -0.15) is 15.9 Å². The first kappa shape index (κ1) is 22.8. The first-order chi connectivity index (χ1) is 16.3. The standard InChI is InChI=1S/C22H12Cl2N6O4/c23-16-7-14(30-22(33)27-21(32)18(10-26)28-30)8-17(24)20(16)34-15-4-5-19(31)29(11-15)13-3-1-2-12(6-13)9-25/h1-8,11,18,28H,(H,27,32,33). The van der Waals surface area contributed by atoms with E-state index in [9.17, 15) is 14.4 Å². The summed E-state index contributed by atoms with van der Waals surface area (Å²) >= 11 is 12.7. The molecule has 0 bridgehead atoms. The van der Waals surface area contributed by atoms with Crippen molar-refractivity contribution in [2.75, 3.05) is 5.01 Å². The molecule has 4 rings (SSSR count). The number of amides is 3. The maximum Gasteiger partial charge on any atom is 0.343 e. The number of imide groups is 1. The Morgan fingerprint density at radius 3 is 2.38 bits per heavy atom. The Balaban J connectivity index is 1.65. The topological polar surface area (TPSA) is 140 Å². The molecule has 0 radical (unpaired) electrons. The second kappa shape index (κ2) is 9.25. The average Bonchev–Trinajstić information content (AvgIpc) is 2.82. The number of nitrogens with one attached hydrogen (secondary N) is 2. The first-order valence-corrected chi connectivity index (χ1v) is 10.3. The van der Waals surface area contributed by atoms with E-state index in [0.29, 0.717) is 11.3 Å². The lowest BCUT2D eigenvalue weighted by molar-refractivity contribution is -0.121. The first-order valence-electron chi connectivity index (χ1n) is 9.51. The summed E-state index contributed by atoms with van der Waals surface area (Å²) in [6.07, 6.45) is 1.42. The summed E-state index contributed by atoms with van der Waals surface area (Å²) in [6, 6.07) is 13.5. The third-order valence-corrected chi connectivity index (χ3v) is 5.24. The number of hydrogen-bond donors (Lipinski definition) is 2. The predicted molar refractivity (Wildman–Crippen MR) is 122 cm³/mol. The molecule has 3 aromatic rings. The highest BCUT2D eigenvalue weighted by atomic mass is 35.5. The highest BCUT2D eigenvalue weighted by molar-refractivity contribution is 6.37. The van der Waals surface area contributed by atoms with Gasteiger partial charge >= 0.3 is 6.03 Å². The van der Waals surface area contributed by atoms with Crippen LogP contribution in [0.25, 0.3) is 5.69 Å². The largest absolute Gasteiger partial charge is 0.453 e. The van der Waals surface area contributed by atoms with Crippen LogP contribution in [0.4, 0.5) is 10.5 Å². The average molecular weight is 495 g/mol. The summed E-state index contributed by atoms with van der Waals surface area (Å²) in [5, 5.41) is 21.2. The molecule has 3 amide bonds. The SMILES string of the molecule is N#Cc1cccc(-n2cc(Oc3c(Cl)cc(N4NC(C#N)C(=O)NC4=O)cc3Cl)ccc2=O)c1. The van der Waals surface area contributed by atoms with Gasteiger partial charge in [0.2, 0.25) is 0 Å². The number of nitriles is 2. The fourth-order valence-electron chi connectivity index (χ4n) is 3.11. The van der Waals surface area contributed by atoms with Gasteiger partial charge in [0, 0.05) is 6.07 Å². The second-order valence-electron chi connectivity index (χ2n) is 6.90. The lowest BCUT2D eigenvalue weighted by Crippen LogP contribution is -2.64. The number of rotatable bonds is 4. The molecule has 1 atom stereocenters. The molecule has 1 aliphatic heterocycles. The van der Waals surface area contributed by atoms with E-state index in [-0.39, 0.29) is 32.8 Å². The molecule has 1 saturated heterocycles. The summed E-state index contributed by atoms with van der Waals surface area (Å²) in [7, 11) is 0. The molecular weight excluding hydrogens is 483 g/mol. The molecular formula is C22H12Cl2N6O4. The zero-order valence-electron chi connectivity index (χ0n) is 17.0. The molecule has 1 fully saturated rings. The zero-order chi connectivity index (χ0) is 24.4. The summed E-state index contributed by atoms with van der Waals surface area (Å²) < 4.78 is 7.11. The van der Waals surface area contributed by atoms with Gasteiger partial charge in [-0.15, -0.1) is 0 Å². The van der Waals surface area contributed by atoms with E-state index in [2.05, 4.69) is 10.7 Å². The highest BCUT2D eigenvalue weighted by Crippen LogP contribution is 2.39. The van der Waals surface area contributed by atoms with Gasteiger partial charge in [0.1, 0.15) is 5.75 Å². The molecule has 2 N–H and O–H groups in total. The van der Waals surface area contributed by atoms with E-state index in [1.54, 1.807) is 30.3 Å². The van der Waals surface area contributed by atoms with E-state index in [1.807, 2.05) is 6.07 Å². The number of urea groups is 1. The number of aromatic nitrogens is 1. The van der Waals surface area contributed by atoms with Crippen molar-refractivity contribution in [2.45, 2.75) is 6.04 Å². The molecule has 1 unspecified atom stereocenters. The fourth-order valence-corrected chi connectivity index (χ4v) is 3.66. The minimum absolute atomic E-state index is 0.0201. The zero-order valence-corrected chi connectivity index (χ0v) is 18.5. The van der Waals surface area contributed by atoms with Crippen molar-refractivity contribution in [1.29, 1.82) is 10.5 Å². The van der Waals surface area contributed by atoms with Crippen LogP contribution in [0.3, 0.4) is 0 Å². The van der Waals surface area contributed by atoms with Crippen LogP contribution in [0.5, 0.6) is 11.5 Å². The van der Waals surface area contributed by atoms with E-state index in [4.69, 9.17) is 38.5 Å². The van der Waals surface area contributed by atoms with Crippen molar-refractivity contribution in [3.63, 3.8) is 0 Å². The third-order valence-electron chi connectivity index (χ3n) is 4.68. The van der Waals surface area contributed by atoms with Gasteiger partial charge in [-0.3, -0.25) is 19.5 Å². The Morgan fingerprint density at radius 1 is 0.971 bits per heavy atom. The van der Waals surface area contributed by atoms with Gasteiger partial charge in [-0.05, 0) is 36.4 Å². The molecule has 0 aliphatic carbocycles. The Morgan fingerprint density at radius 2 is 1.71 bits per heavy atom. The number of halogens is 2. The van der Waals surface area contributed by atoms with Crippen molar-refractivity contribution < 1.29 is 14.3 Å². The maximum atomic E-state index is 12.4. The van der Waals surface area contributed by atoms with Crippen molar-refractivity contribution in [2.24, 2.45) is 0 Å². The normalized spacial score (nSPS) is 15.3. The van der Waals surface area contributed by atoms with Crippen LogP contribution in [0.1, 0.15) is 5.56 Å². The van der Waals surface area contributed by atoms with E-state index in [1.165, 1.54) is 35.0 Å². The lowest BCUT2D eigenvalue weighted by atomic mass is 10.2. The monoisotopic (exact) mass is 494 g/mol. The maximum absolute atomic E-state index is 12.4. The van der Waals surface area contributed by atoms with Gasteiger partial charge < -0.3 is 4.74 Å². The van der Waals surface area contributed by atoms with Crippen LogP contribution in [-0.2, 0) is 4.79 Å². The van der Waals surface area contributed by atoms with Crippen LogP contribution in [0.2, 0.25) is 10.0 Å². The summed E-state index contributed by atoms with van der Waals surface area (Å²) in [5.41, 5.74) is 3.13. The smallest absolute Gasteiger partial charge is 0.343 e. The molecule has 10 nitrogen and oxygen atoms in total. The number of carbonyl (C=O) groups is 2. The van der Waals surface area contributed by atoms with Crippen molar-refractivity contribution >= 4 is 40.8 Å². The summed E-state index contributed by atoms with van der Waals surface area (Å²) in [5.74, 6) is -0.507. The summed E-state index contributed by atoms with van der Waals surface area (Å²) in [4.78, 5) is 36.2. The number of pyridine rings is 1. The molecule has 168 valence electrons. The number of ether oxygens (including phenoxy) is 1. The van der Waals surface area contributed by atoms with Gasteiger partial charge in [0.15, 0.2) is 11.8 Å². The fraction of sp³-hybridized carbons (Fsp3) is 0.0455. The number of anilines is 1. The van der Waals surface area contributed by atoms with Gasteiger partial charge in [0.05, 0.1) is 45.3 Å². The van der Waals surface area contributed by atoms with Gasteiger partial charge in [0.25, 0.3) is 11.5 Å². The molecule has 2 heterocycles. The second-order valence-corrected chi connectivity index (χ2v) is 7.71. The van der Waals surface area contributed by atoms with Gasteiger partial charge in [-0.1, -0.05) is 29.3 Å². The van der Waals surface area contributed by atoms with Crippen molar-refractivity contribution in [1.82, 2.24) is 15.3 Å². The van der Waals surface area contributed by atoms with Crippen LogP contribution in [0, 0.1) is 22.7 Å². The van der Waals surface area contributed by atoms with Crippen LogP contribution in [0.15, 0.2) is 59.5 Å². The molecule has 0 spiro atoms. The molecule has 2 aromatic carbocycles. The lowest BCUT2D eigenvalue weighted by Gasteiger charge is -2.30. The molecule has 0 saturated carbocycles. The summed E-state index contributed by atoms with van der Waals surface area (Å²) in [6.45, 7) is 0. The van der Waals surface area contributed by atoms with Crippen LogP contribution >= 0.6 is 23.2 Å². The Kier molecular flexibility index (Phi) is 6.21. The number of benzene rings is 2. The van der Waals surface area contributed by atoms with Crippen molar-refractivity contribution in [3.05, 3.63) is 80.7 Å². The quantitative estimate of drug-likeness (QED) is 0.566. The van der Waals surface area contributed by atoms with Crippen LogP contribution in [-0.4, -0.2) is 22.5 Å². The Hall–Kier alpha value is -4.35. The van der Waals surface area contributed by atoms with E-state index < -0.39 is 18.0 Å². The number of nitrogens with zero attached hydrogens (tertiary/aromatic N) is 4. The Bertz CT molecular complexity index is 1450. The molecule has 1 aromatic heterocycles. The third kappa shape index (κ3) is 4.42. The minimum Gasteiger partial charge on any atom is -0.453 e. The molecule has 34 heavy (non-hydrogen) atoms. The molecule has 12 heteroatoms. The minimum atomic E-state index is -1.29. The van der Waals surface area contributed by atoms with E-state index >= 15 is 0 Å². The number of hydrazine groups is 1. The van der Waals surface area contributed by atoms with E-state index in [0.717, 1.165) is 5.01 Å². The molecule has 1 aliphatic rings. The number of hydrogen-bond acceptors (Lipinski definition) is 7. The van der Waals surface area contributed by atoms with Crippen molar-refractivity contribution in [3.8, 4) is 29.3 Å². The Labute approximate surface area is 202 Å². The number of carbonyl (C=O) groups excluding carboxylic acids is 2. The predicted octanol–water partition coefficient (Wildman–Crippen LogP) is 3.26. The highest BCUT2D eigenvalue weighted by Gasteiger charge is 2.33. The van der Waals surface area contributed by atoms with Crippen LogP contribution < -0.4 is 26.0 Å². The van der Waals surface area contributed by atoms with Gasteiger partial charge in [-0.25, -0.2) is 9.80 Å².